The van der Waals surface area contributed by atoms with Crippen molar-refractivity contribution in [3.8, 4) is 5.75 Å². The fraction of sp³-hybridized carbons (Fsp3) is 0.364. The van der Waals surface area contributed by atoms with Crippen molar-refractivity contribution >= 4 is 5.69 Å². The zero-order valence-electron chi connectivity index (χ0n) is 14.9. The summed E-state index contributed by atoms with van der Waals surface area (Å²) in [6, 6.07) is 19.2. The molecule has 2 saturated heterocycles. The van der Waals surface area contributed by atoms with E-state index in [1.54, 1.807) is 6.08 Å². The third-order valence-corrected chi connectivity index (χ3v) is 5.65. The number of para-hydroxylation sites is 1. The fourth-order valence-corrected chi connectivity index (χ4v) is 4.44. The second kappa shape index (κ2) is 7.52. The van der Waals surface area contributed by atoms with Crippen LogP contribution in [0.4, 0.5) is 5.69 Å². The van der Waals surface area contributed by atoms with E-state index in [2.05, 4.69) is 59.3 Å². The molecule has 136 valence electrons. The predicted molar refractivity (Wildman–Crippen MR) is 105 cm³/mol. The molecule has 4 heteroatoms. The SMILES string of the molecule is C=CCOc1cccc([C@H]2N[C@@H](CO)[C@H]3CN(c4ccccc4)C[C@H]32)c1. The van der Waals surface area contributed by atoms with Crippen LogP contribution >= 0.6 is 0 Å². The summed E-state index contributed by atoms with van der Waals surface area (Å²) >= 11 is 0. The molecule has 0 aromatic heterocycles. The highest BCUT2D eigenvalue weighted by atomic mass is 16.5. The summed E-state index contributed by atoms with van der Waals surface area (Å²) < 4.78 is 5.70. The lowest BCUT2D eigenvalue weighted by Crippen LogP contribution is -2.36. The molecule has 26 heavy (non-hydrogen) atoms. The van der Waals surface area contributed by atoms with Crippen LogP contribution in [0, 0.1) is 11.8 Å². The molecular formula is C22H26N2O2. The molecule has 2 N–H and O–H groups in total. The van der Waals surface area contributed by atoms with Crippen LogP contribution in [0.15, 0.2) is 67.3 Å². The van der Waals surface area contributed by atoms with Gasteiger partial charge in [-0.3, -0.25) is 0 Å². The zero-order chi connectivity index (χ0) is 17.9. The first-order valence-corrected chi connectivity index (χ1v) is 9.30. The number of hydrogen-bond acceptors (Lipinski definition) is 4. The van der Waals surface area contributed by atoms with Crippen molar-refractivity contribution in [2.24, 2.45) is 11.8 Å². The summed E-state index contributed by atoms with van der Waals surface area (Å²) in [4.78, 5) is 2.45. The zero-order valence-corrected chi connectivity index (χ0v) is 14.9. The molecule has 2 aliphatic rings. The van der Waals surface area contributed by atoms with Crippen molar-refractivity contribution in [1.82, 2.24) is 5.32 Å². The molecule has 4 atom stereocenters. The Hall–Kier alpha value is -2.30. The number of aliphatic hydroxyl groups is 1. The van der Waals surface area contributed by atoms with Gasteiger partial charge in [0.2, 0.25) is 0 Å². The van der Waals surface area contributed by atoms with E-state index in [9.17, 15) is 5.11 Å². The Balaban J connectivity index is 1.57. The molecule has 4 rings (SSSR count). The van der Waals surface area contributed by atoms with E-state index >= 15 is 0 Å². The van der Waals surface area contributed by atoms with Gasteiger partial charge in [0.15, 0.2) is 0 Å². The van der Waals surface area contributed by atoms with Gasteiger partial charge in [-0.15, -0.1) is 0 Å². The molecule has 0 saturated carbocycles. The van der Waals surface area contributed by atoms with Crippen LogP contribution in [0.3, 0.4) is 0 Å². The number of nitrogens with zero attached hydrogens (tertiary/aromatic N) is 1. The normalized spacial score (nSPS) is 27.3. The lowest BCUT2D eigenvalue weighted by molar-refractivity contribution is 0.227. The van der Waals surface area contributed by atoms with Crippen LogP contribution in [-0.4, -0.2) is 37.5 Å². The van der Waals surface area contributed by atoms with Crippen LogP contribution in [-0.2, 0) is 0 Å². The Labute approximate surface area is 155 Å². The summed E-state index contributed by atoms with van der Waals surface area (Å²) in [7, 11) is 0. The lowest BCUT2D eigenvalue weighted by atomic mass is 9.87. The fourth-order valence-electron chi connectivity index (χ4n) is 4.44. The molecule has 0 unspecified atom stereocenters. The molecule has 2 heterocycles. The number of rotatable bonds is 6. The molecule has 0 aliphatic carbocycles. The number of benzene rings is 2. The Bertz CT molecular complexity index is 749. The number of nitrogens with one attached hydrogen (secondary N) is 1. The van der Waals surface area contributed by atoms with Crippen molar-refractivity contribution in [2.75, 3.05) is 31.2 Å². The van der Waals surface area contributed by atoms with Gasteiger partial charge < -0.3 is 20.1 Å². The number of fused-ring (bicyclic) bond motifs is 1. The highest BCUT2D eigenvalue weighted by Crippen LogP contribution is 2.43. The van der Waals surface area contributed by atoms with E-state index in [4.69, 9.17) is 4.74 Å². The van der Waals surface area contributed by atoms with E-state index < -0.39 is 0 Å². The number of ether oxygens (including phenoxy) is 1. The van der Waals surface area contributed by atoms with Gasteiger partial charge in [0.1, 0.15) is 12.4 Å². The van der Waals surface area contributed by atoms with E-state index in [0.29, 0.717) is 18.4 Å². The maximum absolute atomic E-state index is 9.89. The van der Waals surface area contributed by atoms with Gasteiger partial charge >= 0.3 is 0 Å². The molecule has 2 aromatic carbocycles. The summed E-state index contributed by atoms with van der Waals surface area (Å²) in [6.07, 6.45) is 1.76. The van der Waals surface area contributed by atoms with Gasteiger partial charge in [-0.25, -0.2) is 0 Å². The number of aliphatic hydroxyl groups excluding tert-OH is 1. The minimum absolute atomic E-state index is 0.136. The van der Waals surface area contributed by atoms with E-state index in [-0.39, 0.29) is 18.7 Å². The first-order chi connectivity index (χ1) is 12.8. The first kappa shape index (κ1) is 17.1. The monoisotopic (exact) mass is 350 g/mol. The lowest BCUT2D eigenvalue weighted by Gasteiger charge is -2.24. The molecule has 4 nitrogen and oxygen atoms in total. The van der Waals surface area contributed by atoms with Crippen LogP contribution < -0.4 is 15.0 Å². The quantitative estimate of drug-likeness (QED) is 0.786. The Morgan fingerprint density at radius 1 is 1.12 bits per heavy atom. The van der Waals surface area contributed by atoms with Crippen molar-refractivity contribution in [3.05, 3.63) is 72.8 Å². The maximum atomic E-state index is 9.89. The molecule has 2 fully saturated rings. The van der Waals surface area contributed by atoms with Crippen LogP contribution in [0.1, 0.15) is 11.6 Å². The molecule has 0 amide bonds. The number of hydrogen-bond donors (Lipinski definition) is 2. The smallest absolute Gasteiger partial charge is 0.120 e. The van der Waals surface area contributed by atoms with Gasteiger partial charge in [-0.2, -0.15) is 0 Å². The summed E-state index contributed by atoms with van der Waals surface area (Å²) in [5.74, 6) is 1.79. The third-order valence-electron chi connectivity index (χ3n) is 5.65. The van der Waals surface area contributed by atoms with Gasteiger partial charge in [0, 0.05) is 42.7 Å². The second-order valence-electron chi connectivity index (χ2n) is 7.17. The molecule has 0 bridgehead atoms. The Morgan fingerprint density at radius 2 is 1.92 bits per heavy atom. The largest absolute Gasteiger partial charge is 0.490 e. The van der Waals surface area contributed by atoms with Crippen molar-refractivity contribution in [3.63, 3.8) is 0 Å². The average molecular weight is 350 g/mol. The predicted octanol–water partition coefficient (Wildman–Crippen LogP) is 3.01. The second-order valence-corrected chi connectivity index (χ2v) is 7.17. The van der Waals surface area contributed by atoms with Gasteiger partial charge in [-0.05, 0) is 29.8 Å². The van der Waals surface area contributed by atoms with Crippen LogP contribution in [0.25, 0.3) is 0 Å². The minimum atomic E-state index is 0.136. The Kier molecular flexibility index (Phi) is 4.96. The number of anilines is 1. The maximum Gasteiger partial charge on any atom is 0.120 e. The molecule has 0 radical (unpaired) electrons. The van der Waals surface area contributed by atoms with E-state index in [1.165, 1.54) is 11.3 Å². The average Bonchev–Trinajstić information content (AvgIpc) is 3.26. The summed E-state index contributed by atoms with van der Waals surface area (Å²) in [6.45, 7) is 6.37. The summed E-state index contributed by atoms with van der Waals surface area (Å²) in [5.41, 5.74) is 2.49. The van der Waals surface area contributed by atoms with Crippen molar-refractivity contribution < 1.29 is 9.84 Å². The van der Waals surface area contributed by atoms with Crippen molar-refractivity contribution in [2.45, 2.75) is 12.1 Å². The minimum Gasteiger partial charge on any atom is -0.490 e. The van der Waals surface area contributed by atoms with E-state index in [0.717, 1.165) is 18.8 Å². The van der Waals surface area contributed by atoms with Crippen LogP contribution in [0.2, 0.25) is 0 Å². The topological polar surface area (TPSA) is 44.7 Å². The third kappa shape index (κ3) is 3.22. The van der Waals surface area contributed by atoms with Gasteiger partial charge in [-0.1, -0.05) is 43.0 Å². The molecular weight excluding hydrogens is 324 g/mol. The standard InChI is InChI=1S/C22H26N2O2/c1-2-11-26-18-10-6-7-16(12-18)22-20-14-24(17-8-4-3-5-9-17)13-19(20)21(15-25)23-22/h2-10,12,19-23,25H,1,11,13-15H2/t19-,20+,21-,22+/m0/s1. The highest BCUT2D eigenvalue weighted by Gasteiger charge is 2.48. The van der Waals surface area contributed by atoms with E-state index in [1.807, 2.05) is 12.1 Å². The van der Waals surface area contributed by atoms with Gasteiger partial charge in [0.05, 0.1) is 6.61 Å². The molecule has 0 spiro atoms. The summed E-state index contributed by atoms with van der Waals surface area (Å²) in [5, 5.41) is 13.6. The van der Waals surface area contributed by atoms with Gasteiger partial charge in [0.25, 0.3) is 0 Å². The van der Waals surface area contributed by atoms with Crippen LogP contribution in [0.5, 0.6) is 5.75 Å². The first-order valence-electron chi connectivity index (χ1n) is 9.30. The van der Waals surface area contributed by atoms with Crippen molar-refractivity contribution in [1.29, 1.82) is 0 Å². The Morgan fingerprint density at radius 3 is 2.69 bits per heavy atom. The molecule has 2 aromatic rings. The molecule has 2 aliphatic heterocycles. The highest BCUT2D eigenvalue weighted by molar-refractivity contribution is 5.48.